The SMILES string of the molecule is O=C(OC(CS(=O)(=O)O)C(F)(F)F)c1cccc(OC(=O)c2cc(I)cc(I)c2I)c1. The van der Waals surface area contributed by atoms with Crippen LogP contribution in [0.5, 0.6) is 5.75 Å². The predicted molar refractivity (Wildman–Crippen MR) is 128 cm³/mol. The van der Waals surface area contributed by atoms with Gasteiger partial charge >= 0.3 is 18.1 Å². The number of rotatable bonds is 6. The van der Waals surface area contributed by atoms with Crippen LogP contribution in [-0.4, -0.2) is 42.9 Å². The normalized spacial score (nSPS) is 12.9. The van der Waals surface area contributed by atoms with Crippen LogP contribution < -0.4 is 4.74 Å². The fourth-order valence-electron chi connectivity index (χ4n) is 2.14. The van der Waals surface area contributed by atoms with Crippen molar-refractivity contribution in [3.05, 3.63) is 58.2 Å². The van der Waals surface area contributed by atoms with Gasteiger partial charge in [-0.05, 0) is 98.1 Å². The first-order chi connectivity index (χ1) is 14.2. The summed E-state index contributed by atoms with van der Waals surface area (Å²) in [5, 5.41) is 0. The first-order valence-corrected chi connectivity index (χ1v) is 12.7. The van der Waals surface area contributed by atoms with Gasteiger partial charge in [0, 0.05) is 10.7 Å². The van der Waals surface area contributed by atoms with E-state index in [9.17, 15) is 31.2 Å². The van der Waals surface area contributed by atoms with Gasteiger partial charge in [-0.25, -0.2) is 9.59 Å². The molecule has 2 rings (SSSR count). The quantitative estimate of drug-likeness (QED) is 0.149. The number of ether oxygens (including phenoxy) is 2. The van der Waals surface area contributed by atoms with Crippen LogP contribution >= 0.6 is 67.8 Å². The smallest absolute Gasteiger partial charge is 0.426 e. The van der Waals surface area contributed by atoms with Crippen LogP contribution in [0.15, 0.2) is 36.4 Å². The molecule has 1 N–H and O–H groups in total. The summed E-state index contributed by atoms with van der Waals surface area (Å²) in [4.78, 5) is 24.6. The number of carbonyl (C=O) groups excluding carboxylic acids is 2. The Balaban J connectivity index is 2.23. The molecule has 0 aliphatic carbocycles. The molecule has 14 heteroatoms. The van der Waals surface area contributed by atoms with Crippen molar-refractivity contribution in [2.45, 2.75) is 12.3 Å². The summed E-state index contributed by atoms with van der Waals surface area (Å²) in [6.07, 6.45) is -8.30. The fourth-order valence-corrected chi connectivity index (χ4v) is 5.15. The van der Waals surface area contributed by atoms with Crippen molar-refractivity contribution in [3.8, 4) is 5.75 Å². The van der Waals surface area contributed by atoms with Crippen LogP contribution in [0.3, 0.4) is 0 Å². The molecule has 7 nitrogen and oxygen atoms in total. The van der Waals surface area contributed by atoms with Crippen molar-refractivity contribution in [1.29, 1.82) is 0 Å². The average Bonchev–Trinajstić information content (AvgIpc) is 2.62. The van der Waals surface area contributed by atoms with Crippen LogP contribution in [0.1, 0.15) is 20.7 Å². The van der Waals surface area contributed by atoms with Crippen molar-refractivity contribution < 1.29 is 45.2 Å². The zero-order chi connectivity index (χ0) is 23.6. The maximum Gasteiger partial charge on any atom is 0.426 e. The Morgan fingerprint density at radius 3 is 2.29 bits per heavy atom. The number of esters is 2. The summed E-state index contributed by atoms with van der Waals surface area (Å²) in [7, 11) is -5.07. The zero-order valence-electron chi connectivity index (χ0n) is 14.8. The van der Waals surface area contributed by atoms with Gasteiger partial charge in [0.2, 0.25) is 6.10 Å². The highest BCUT2D eigenvalue weighted by Gasteiger charge is 2.45. The molecule has 0 spiro atoms. The van der Waals surface area contributed by atoms with Gasteiger partial charge in [0.1, 0.15) is 11.5 Å². The van der Waals surface area contributed by atoms with Gasteiger partial charge in [0.25, 0.3) is 10.1 Å². The lowest BCUT2D eigenvalue weighted by Crippen LogP contribution is -2.39. The van der Waals surface area contributed by atoms with Crippen LogP contribution in [-0.2, 0) is 14.9 Å². The lowest BCUT2D eigenvalue weighted by molar-refractivity contribution is -0.197. The van der Waals surface area contributed by atoms with E-state index in [-0.39, 0.29) is 11.3 Å². The van der Waals surface area contributed by atoms with E-state index in [1.165, 1.54) is 12.1 Å². The monoisotopic (exact) mass is 796 g/mol. The van der Waals surface area contributed by atoms with E-state index in [0.29, 0.717) is 3.57 Å². The number of hydrogen-bond donors (Lipinski definition) is 1. The molecule has 0 saturated carbocycles. The lowest BCUT2D eigenvalue weighted by Gasteiger charge is -2.19. The van der Waals surface area contributed by atoms with Crippen molar-refractivity contribution in [2.75, 3.05) is 5.75 Å². The molecule has 1 atom stereocenters. The third-order valence-corrected chi connectivity index (χ3v) is 7.86. The summed E-state index contributed by atoms with van der Waals surface area (Å²) in [6.45, 7) is 0. The van der Waals surface area contributed by atoms with Gasteiger partial charge in [-0.2, -0.15) is 21.6 Å². The molecule has 0 aliphatic rings. The molecule has 0 fully saturated rings. The topological polar surface area (TPSA) is 107 Å². The van der Waals surface area contributed by atoms with Gasteiger partial charge in [0.05, 0.1) is 11.1 Å². The first kappa shape index (κ1) is 26.5. The van der Waals surface area contributed by atoms with Gasteiger partial charge in [-0.3, -0.25) is 4.55 Å². The number of benzene rings is 2. The van der Waals surface area contributed by atoms with Crippen LogP contribution in [0.4, 0.5) is 13.2 Å². The van der Waals surface area contributed by atoms with Crippen molar-refractivity contribution in [1.82, 2.24) is 0 Å². The second kappa shape index (κ2) is 10.5. The molecule has 1 unspecified atom stereocenters. The third-order valence-electron chi connectivity index (χ3n) is 3.47. The number of carbonyl (C=O) groups is 2. The van der Waals surface area contributed by atoms with Crippen molar-refractivity contribution >= 4 is 89.8 Å². The summed E-state index contributed by atoms with van der Waals surface area (Å²) in [6, 6.07) is 8.06. The van der Waals surface area contributed by atoms with E-state index >= 15 is 0 Å². The van der Waals surface area contributed by atoms with Crippen molar-refractivity contribution in [3.63, 3.8) is 0 Å². The molecule has 0 heterocycles. The Labute approximate surface area is 215 Å². The van der Waals surface area contributed by atoms with Gasteiger partial charge in [-0.1, -0.05) is 6.07 Å². The minimum Gasteiger partial charge on any atom is -0.448 e. The second-order valence-corrected chi connectivity index (χ2v) is 10.8. The third kappa shape index (κ3) is 7.97. The molecule has 0 radical (unpaired) electrons. The predicted octanol–water partition coefficient (Wildman–Crippen LogP) is 4.70. The Bertz CT molecular complexity index is 1120. The number of hydrogen-bond acceptors (Lipinski definition) is 6. The largest absolute Gasteiger partial charge is 0.448 e. The first-order valence-electron chi connectivity index (χ1n) is 7.87. The molecule has 168 valence electrons. The second-order valence-electron chi connectivity index (χ2n) is 5.85. The zero-order valence-corrected chi connectivity index (χ0v) is 22.1. The minimum absolute atomic E-state index is 0.137. The van der Waals surface area contributed by atoms with E-state index in [0.717, 1.165) is 19.3 Å². The van der Waals surface area contributed by atoms with E-state index in [1.54, 1.807) is 6.07 Å². The van der Waals surface area contributed by atoms with Gasteiger partial charge in [0.15, 0.2) is 0 Å². The standard InChI is InChI=1S/C17H10F3I3O7S/c18-17(19,20)13(7-31(26,27)28)30-15(24)8-2-1-3-10(4-8)29-16(25)11-5-9(21)6-12(22)14(11)23/h1-6,13H,7H2,(H,26,27,28). The molecule has 0 aromatic heterocycles. The maximum absolute atomic E-state index is 12.9. The molecular weight excluding hydrogens is 786 g/mol. The summed E-state index contributed by atoms with van der Waals surface area (Å²) in [5.74, 6) is -4.24. The molecule has 2 aromatic rings. The maximum atomic E-state index is 12.9. The molecule has 0 saturated heterocycles. The van der Waals surface area contributed by atoms with E-state index in [1.807, 2.05) is 73.8 Å². The minimum atomic E-state index is -5.23. The van der Waals surface area contributed by atoms with E-state index in [2.05, 4.69) is 4.74 Å². The molecular formula is C17H10F3I3O7S. The Morgan fingerprint density at radius 2 is 1.71 bits per heavy atom. The average molecular weight is 796 g/mol. The van der Waals surface area contributed by atoms with Crippen molar-refractivity contribution in [2.24, 2.45) is 0 Å². The Morgan fingerprint density at radius 1 is 1.06 bits per heavy atom. The summed E-state index contributed by atoms with van der Waals surface area (Å²) >= 11 is 6.04. The lowest BCUT2D eigenvalue weighted by atomic mass is 10.2. The summed E-state index contributed by atoms with van der Waals surface area (Å²) < 4.78 is 80.8. The number of halogens is 6. The molecule has 2 aromatic carbocycles. The van der Waals surface area contributed by atoms with Crippen LogP contribution in [0.25, 0.3) is 0 Å². The molecule has 0 amide bonds. The molecule has 0 aliphatic heterocycles. The highest BCUT2D eigenvalue weighted by molar-refractivity contribution is 14.1. The van der Waals surface area contributed by atoms with E-state index < -0.39 is 45.7 Å². The summed E-state index contributed by atoms with van der Waals surface area (Å²) in [5.41, 5.74) is -0.156. The van der Waals surface area contributed by atoms with Gasteiger partial charge < -0.3 is 9.47 Å². The van der Waals surface area contributed by atoms with Crippen LogP contribution in [0, 0.1) is 10.7 Å². The molecule has 0 bridgehead atoms. The highest BCUT2D eigenvalue weighted by Crippen LogP contribution is 2.27. The van der Waals surface area contributed by atoms with Gasteiger partial charge in [-0.15, -0.1) is 0 Å². The fraction of sp³-hybridized carbons (Fsp3) is 0.176. The molecule has 31 heavy (non-hydrogen) atoms. The van der Waals surface area contributed by atoms with E-state index in [4.69, 9.17) is 9.29 Å². The Hall–Kier alpha value is -0.730. The van der Waals surface area contributed by atoms with Crippen LogP contribution in [0.2, 0.25) is 0 Å². The Kier molecular flexibility index (Phi) is 8.96. The highest BCUT2D eigenvalue weighted by atomic mass is 127. The number of alkyl halides is 3.